The van der Waals surface area contributed by atoms with Crippen LogP contribution in [0.25, 0.3) is 6.08 Å². The number of benzene rings is 3. The second-order valence-corrected chi connectivity index (χ2v) is 14.7. The van der Waals surface area contributed by atoms with Gasteiger partial charge in [0.2, 0.25) is 0 Å². The highest BCUT2D eigenvalue weighted by atomic mass is 15.1. The van der Waals surface area contributed by atoms with Gasteiger partial charge in [-0.15, -0.1) is 0 Å². The van der Waals surface area contributed by atoms with E-state index in [4.69, 9.17) is 5.26 Å². The van der Waals surface area contributed by atoms with Crippen LogP contribution in [0.15, 0.2) is 78.9 Å². The van der Waals surface area contributed by atoms with Crippen LogP contribution in [0.3, 0.4) is 0 Å². The smallest absolute Gasteiger partial charge is 0.0912 e. The number of hydrogen-bond donors (Lipinski definition) is 0. The van der Waals surface area contributed by atoms with Crippen molar-refractivity contribution in [3.63, 3.8) is 0 Å². The van der Waals surface area contributed by atoms with E-state index in [2.05, 4.69) is 153 Å². The van der Waals surface area contributed by atoms with Crippen LogP contribution in [-0.4, -0.2) is 0 Å². The number of nitriles is 1. The summed E-state index contributed by atoms with van der Waals surface area (Å²) in [5.74, 6) is 0. The quantitative estimate of drug-likeness (QED) is 0.276. The number of allylic oxidation sites excluding steroid dienone is 1. The lowest BCUT2D eigenvalue weighted by molar-refractivity contribution is 0.283. The number of rotatable bonds is 8. The Morgan fingerprint density at radius 3 is 1.21 bits per heavy atom. The Hall–Kier alpha value is -3.31. The van der Waals surface area contributed by atoms with E-state index in [1.165, 1.54) is 17.2 Å². The Labute approximate surface area is 238 Å². The van der Waals surface area contributed by atoms with E-state index >= 15 is 0 Å². The molecule has 2 nitrogen and oxygen atoms in total. The molecule has 0 fully saturated rings. The molecule has 0 aliphatic rings. The maximum Gasteiger partial charge on any atom is 0.0912 e. The number of anilines is 3. The van der Waals surface area contributed by atoms with E-state index in [0.29, 0.717) is 0 Å². The van der Waals surface area contributed by atoms with Crippen LogP contribution < -0.4 is 4.90 Å². The van der Waals surface area contributed by atoms with Gasteiger partial charge in [0.1, 0.15) is 0 Å². The first-order valence-electron chi connectivity index (χ1n) is 14.2. The first kappa shape index (κ1) is 30.2. The van der Waals surface area contributed by atoms with E-state index < -0.39 is 0 Å². The first-order valence-corrected chi connectivity index (χ1v) is 14.2. The third kappa shape index (κ3) is 8.34. The molecular weight excluding hydrogens is 472 g/mol. The second kappa shape index (κ2) is 11.4. The first-order chi connectivity index (χ1) is 18.0. The molecule has 206 valence electrons. The molecule has 0 saturated carbocycles. The normalized spacial score (nSPS) is 12.9. The fraction of sp³-hybridized carbons (Fsp3) is 0.432. The minimum absolute atomic E-state index is 0.0939. The third-order valence-corrected chi connectivity index (χ3v) is 7.26. The van der Waals surface area contributed by atoms with E-state index in [9.17, 15) is 0 Å². The van der Waals surface area contributed by atoms with Crippen molar-refractivity contribution >= 4 is 23.1 Å². The summed E-state index contributed by atoms with van der Waals surface area (Å²) in [6.45, 7) is 23.2. The van der Waals surface area contributed by atoms with E-state index in [-0.39, 0.29) is 21.7 Å². The van der Waals surface area contributed by atoms with Gasteiger partial charge >= 0.3 is 0 Å². The molecule has 0 aliphatic carbocycles. The lowest BCUT2D eigenvalue weighted by Crippen LogP contribution is -2.25. The van der Waals surface area contributed by atoms with Crippen molar-refractivity contribution in [1.29, 1.82) is 5.26 Å². The van der Waals surface area contributed by atoms with Gasteiger partial charge in [-0.1, -0.05) is 106 Å². The molecule has 0 spiro atoms. The fourth-order valence-electron chi connectivity index (χ4n) is 6.29. The predicted molar refractivity (Wildman–Crippen MR) is 170 cm³/mol. The van der Waals surface area contributed by atoms with Gasteiger partial charge in [0, 0.05) is 23.1 Å². The van der Waals surface area contributed by atoms with Crippen molar-refractivity contribution in [2.75, 3.05) is 4.90 Å². The SMILES string of the molecule is CC(C)(C)CC(C)(C)c1ccc(N(c2ccc(C=CC#N)cc2)c2ccc(C(C)(C)CC(C)(C)C)cc2)cc1. The Balaban J connectivity index is 2.03. The van der Waals surface area contributed by atoms with Gasteiger partial charge in [0.05, 0.1) is 6.07 Å². The predicted octanol–water partition coefficient (Wildman–Crippen LogP) is 11.1. The molecule has 0 aliphatic heterocycles. The van der Waals surface area contributed by atoms with Crippen LogP contribution in [-0.2, 0) is 10.8 Å². The van der Waals surface area contributed by atoms with E-state index in [0.717, 1.165) is 35.5 Å². The molecule has 0 aromatic heterocycles. The molecule has 0 amide bonds. The summed E-state index contributed by atoms with van der Waals surface area (Å²) in [4.78, 5) is 2.32. The lowest BCUT2D eigenvalue weighted by Gasteiger charge is -2.34. The molecule has 3 aromatic carbocycles. The van der Waals surface area contributed by atoms with Crippen LogP contribution in [0.1, 0.15) is 98.8 Å². The second-order valence-electron chi connectivity index (χ2n) is 14.7. The summed E-state index contributed by atoms with van der Waals surface area (Å²) >= 11 is 0. The molecular formula is C37H48N2. The number of nitrogens with zero attached hydrogens (tertiary/aromatic N) is 2. The Kier molecular flexibility index (Phi) is 8.86. The molecule has 0 bridgehead atoms. The zero-order chi connectivity index (χ0) is 29.1. The van der Waals surface area contributed by atoms with Gasteiger partial charge in [-0.2, -0.15) is 5.26 Å². The van der Waals surface area contributed by atoms with Gasteiger partial charge in [-0.3, -0.25) is 0 Å². The van der Waals surface area contributed by atoms with Crippen molar-refractivity contribution in [1.82, 2.24) is 0 Å². The molecule has 0 unspecified atom stereocenters. The highest BCUT2D eigenvalue weighted by Crippen LogP contribution is 2.41. The maximum absolute atomic E-state index is 8.91. The molecule has 0 radical (unpaired) electrons. The maximum atomic E-state index is 8.91. The zero-order valence-corrected chi connectivity index (χ0v) is 25.9. The van der Waals surface area contributed by atoms with Crippen LogP contribution >= 0.6 is 0 Å². The summed E-state index contributed by atoms with van der Waals surface area (Å²) in [6.07, 6.45) is 5.59. The lowest BCUT2D eigenvalue weighted by atomic mass is 9.72. The molecule has 0 heterocycles. The molecule has 3 aromatic rings. The Morgan fingerprint density at radius 1 is 0.564 bits per heavy atom. The highest BCUT2D eigenvalue weighted by Gasteiger charge is 2.29. The van der Waals surface area contributed by atoms with Crippen LogP contribution in [0.2, 0.25) is 0 Å². The molecule has 0 saturated heterocycles. The monoisotopic (exact) mass is 520 g/mol. The van der Waals surface area contributed by atoms with Crippen molar-refractivity contribution in [3.05, 3.63) is 95.6 Å². The van der Waals surface area contributed by atoms with Gasteiger partial charge in [-0.05, 0) is 93.7 Å². The van der Waals surface area contributed by atoms with Gasteiger partial charge in [-0.25, -0.2) is 0 Å². The molecule has 0 N–H and O–H groups in total. The van der Waals surface area contributed by atoms with Gasteiger partial charge in [0.15, 0.2) is 0 Å². The minimum atomic E-state index is 0.0939. The molecule has 3 rings (SSSR count). The average molecular weight is 521 g/mol. The fourth-order valence-corrected chi connectivity index (χ4v) is 6.29. The van der Waals surface area contributed by atoms with Crippen molar-refractivity contribution < 1.29 is 0 Å². The summed E-state index contributed by atoms with van der Waals surface area (Å²) in [5, 5.41) is 8.91. The summed E-state index contributed by atoms with van der Waals surface area (Å²) in [6, 6.07) is 28.6. The van der Waals surface area contributed by atoms with Gasteiger partial charge in [0.25, 0.3) is 0 Å². The minimum Gasteiger partial charge on any atom is -0.311 e. The van der Waals surface area contributed by atoms with Crippen molar-refractivity contribution in [3.8, 4) is 6.07 Å². The summed E-state index contributed by atoms with van der Waals surface area (Å²) in [7, 11) is 0. The standard InChI is InChI=1S/C37H48N2/c1-34(2,3)26-36(7,8)29-15-21-32(22-16-29)39(31-19-13-28(14-20-31)12-11-25-38)33-23-17-30(18-24-33)37(9,10)27-35(4,5)6/h11-24H,26-27H2,1-10H3. The largest absolute Gasteiger partial charge is 0.311 e. The number of hydrogen-bond acceptors (Lipinski definition) is 2. The van der Waals surface area contributed by atoms with Crippen LogP contribution in [0, 0.1) is 22.2 Å². The zero-order valence-electron chi connectivity index (χ0n) is 25.9. The molecule has 39 heavy (non-hydrogen) atoms. The van der Waals surface area contributed by atoms with Crippen LogP contribution in [0.5, 0.6) is 0 Å². The summed E-state index contributed by atoms with van der Waals surface area (Å²) < 4.78 is 0. The van der Waals surface area contributed by atoms with Gasteiger partial charge < -0.3 is 4.90 Å². The third-order valence-electron chi connectivity index (χ3n) is 7.26. The van der Waals surface area contributed by atoms with Crippen LogP contribution in [0.4, 0.5) is 17.1 Å². The topological polar surface area (TPSA) is 27.0 Å². The Morgan fingerprint density at radius 2 is 0.897 bits per heavy atom. The Bertz CT molecular complexity index is 1210. The summed E-state index contributed by atoms with van der Waals surface area (Å²) in [5.41, 5.74) is 7.80. The highest BCUT2D eigenvalue weighted by molar-refractivity contribution is 5.77. The van der Waals surface area contributed by atoms with Crippen molar-refractivity contribution in [2.45, 2.75) is 92.9 Å². The molecule has 0 atom stereocenters. The van der Waals surface area contributed by atoms with E-state index in [1.54, 1.807) is 0 Å². The average Bonchev–Trinajstić information content (AvgIpc) is 2.81. The van der Waals surface area contributed by atoms with E-state index in [1.807, 2.05) is 6.08 Å². The molecule has 2 heteroatoms. The van der Waals surface area contributed by atoms with Crippen molar-refractivity contribution in [2.24, 2.45) is 10.8 Å².